The Bertz CT molecular complexity index is 1280. The van der Waals surface area contributed by atoms with Gasteiger partial charge in [0.1, 0.15) is 4.88 Å². The summed E-state index contributed by atoms with van der Waals surface area (Å²) in [5, 5.41) is 4.19. The second-order valence-corrected chi connectivity index (χ2v) is 10.3. The molecule has 6 heteroatoms. The monoisotopic (exact) mass is 512 g/mol. The van der Waals surface area contributed by atoms with E-state index in [-0.39, 0.29) is 5.91 Å². The summed E-state index contributed by atoms with van der Waals surface area (Å²) in [4.78, 5) is 18.7. The molecule has 0 aliphatic rings. The molecule has 3 nitrogen and oxygen atoms in total. The third-order valence-electron chi connectivity index (χ3n) is 6.32. The predicted molar refractivity (Wildman–Crippen MR) is 148 cm³/mol. The topological polar surface area (TPSA) is 23.6 Å². The Morgan fingerprint density at radius 2 is 1.62 bits per heavy atom. The second-order valence-electron chi connectivity index (χ2n) is 8.50. The van der Waals surface area contributed by atoms with Crippen molar-refractivity contribution in [1.82, 2.24) is 9.80 Å². The molecule has 0 spiro atoms. The molecule has 0 fully saturated rings. The first-order valence-corrected chi connectivity index (χ1v) is 13.4. The number of hydrogen-bond acceptors (Lipinski definition) is 3. The fourth-order valence-electron chi connectivity index (χ4n) is 4.34. The van der Waals surface area contributed by atoms with Gasteiger partial charge >= 0.3 is 0 Å². The van der Waals surface area contributed by atoms with Crippen molar-refractivity contribution in [3.8, 4) is 0 Å². The van der Waals surface area contributed by atoms with Gasteiger partial charge in [0.25, 0.3) is 5.91 Å². The number of unbranched alkanes of at least 4 members (excludes halogenated alkanes) is 1. The summed E-state index contributed by atoms with van der Waals surface area (Å²) in [6, 6.07) is 20.4. The van der Waals surface area contributed by atoms with Gasteiger partial charge in [-0.2, -0.15) is 0 Å². The Morgan fingerprint density at radius 1 is 0.882 bits per heavy atom. The number of hydrogen-bond donors (Lipinski definition) is 0. The molecule has 0 radical (unpaired) electrons. The average molecular weight is 514 g/mol. The van der Waals surface area contributed by atoms with Crippen molar-refractivity contribution in [1.29, 1.82) is 0 Å². The molecular formula is C28H30Cl2N2OS. The van der Waals surface area contributed by atoms with Crippen LogP contribution in [0.1, 0.15) is 41.9 Å². The molecule has 0 saturated carbocycles. The zero-order valence-electron chi connectivity index (χ0n) is 19.7. The molecule has 34 heavy (non-hydrogen) atoms. The van der Waals surface area contributed by atoms with Gasteiger partial charge in [-0.1, -0.05) is 79.5 Å². The van der Waals surface area contributed by atoms with Crippen LogP contribution in [-0.4, -0.2) is 41.9 Å². The van der Waals surface area contributed by atoms with Crippen molar-refractivity contribution in [2.75, 3.05) is 26.2 Å². The number of rotatable bonds is 10. The summed E-state index contributed by atoms with van der Waals surface area (Å²) in [6.07, 6.45) is 1.99. The molecule has 1 heterocycles. The average Bonchev–Trinajstić information content (AvgIpc) is 3.20. The first kappa shape index (κ1) is 25.0. The van der Waals surface area contributed by atoms with E-state index < -0.39 is 0 Å². The van der Waals surface area contributed by atoms with Crippen LogP contribution < -0.4 is 0 Å². The van der Waals surface area contributed by atoms with Crippen molar-refractivity contribution < 1.29 is 4.79 Å². The van der Waals surface area contributed by atoms with E-state index in [1.54, 1.807) is 0 Å². The van der Waals surface area contributed by atoms with Gasteiger partial charge in [-0.05, 0) is 67.0 Å². The quantitative estimate of drug-likeness (QED) is 0.200. The first-order chi connectivity index (χ1) is 16.5. The zero-order chi connectivity index (χ0) is 24.1. The van der Waals surface area contributed by atoms with E-state index in [0.29, 0.717) is 28.0 Å². The molecule has 0 saturated heterocycles. The van der Waals surface area contributed by atoms with E-state index in [2.05, 4.69) is 49.1 Å². The van der Waals surface area contributed by atoms with Gasteiger partial charge in [0.05, 0.1) is 10.0 Å². The molecule has 3 aromatic carbocycles. The van der Waals surface area contributed by atoms with Crippen molar-refractivity contribution >= 4 is 61.3 Å². The van der Waals surface area contributed by atoms with Crippen LogP contribution in [0.15, 0.2) is 60.7 Å². The smallest absolute Gasteiger partial charge is 0.265 e. The van der Waals surface area contributed by atoms with Crippen LogP contribution in [0.2, 0.25) is 10.0 Å². The Hall–Kier alpha value is -2.11. The highest BCUT2D eigenvalue weighted by Crippen LogP contribution is 2.40. The van der Waals surface area contributed by atoms with E-state index in [4.69, 9.17) is 23.2 Å². The predicted octanol–water partition coefficient (Wildman–Crippen LogP) is 8.13. The first-order valence-electron chi connectivity index (χ1n) is 11.9. The standard InChI is InChI=1S/C28H30Cl2N2OS/c1-3-31(4-2)16-7-8-17-32(19-20-14-15-21-10-5-6-11-22(21)18-20)28(33)27-26(30)25-23(29)12-9-13-24(25)34-27/h5-6,9-15,18H,3-4,7-8,16-17,19H2,1-2H3. The van der Waals surface area contributed by atoms with E-state index in [0.717, 1.165) is 48.1 Å². The lowest BCUT2D eigenvalue weighted by molar-refractivity contribution is 0.0744. The molecule has 0 unspecified atom stereocenters. The molecule has 0 aliphatic carbocycles. The molecule has 0 aliphatic heterocycles. The third kappa shape index (κ3) is 5.58. The number of nitrogens with zero attached hydrogens (tertiary/aromatic N) is 2. The van der Waals surface area contributed by atoms with Gasteiger partial charge in [-0.25, -0.2) is 0 Å². The summed E-state index contributed by atoms with van der Waals surface area (Å²) in [5.74, 6) is -0.0294. The molecule has 4 aromatic rings. The Labute approximate surface area is 215 Å². The van der Waals surface area contributed by atoms with Crippen LogP contribution in [-0.2, 0) is 6.54 Å². The molecular weight excluding hydrogens is 483 g/mol. The van der Waals surface area contributed by atoms with Crippen molar-refractivity contribution in [2.45, 2.75) is 33.2 Å². The van der Waals surface area contributed by atoms with Crippen LogP contribution >= 0.6 is 34.5 Å². The summed E-state index contributed by atoms with van der Waals surface area (Å²) in [6.45, 7) is 8.76. The lowest BCUT2D eigenvalue weighted by Crippen LogP contribution is -2.32. The lowest BCUT2D eigenvalue weighted by Gasteiger charge is -2.24. The number of amides is 1. The van der Waals surface area contributed by atoms with Crippen LogP contribution in [0.3, 0.4) is 0 Å². The van der Waals surface area contributed by atoms with Crippen LogP contribution in [0, 0.1) is 0 Å². The minimum Gasteiger partial charge on any atom is -0.334 e. The maximum atomic E-state index is 13.8. The molecule has 178 valence electrons. The highest BCUT2D eigenvalue weighted by Gasteiger charge is 2.24. The molecule has 0 atom stereocenters. The highest BCUT2D eigenvalue weighted by atomic mass is 35.5. The van der Waals surface area contributed by atoms with Crippen molar-refractivity contribution in [3.63, 3.8) is 0 Å². The van der Waals surface area contributed by atoms with Crippen molar-refractivity contribution in [3.05, 3.63) is 81.1 Å². The maximum Gasteiger partial charge on any atom is 0.265 e. The van der Waals surface area contributed by atoms with Gasteiger partial charge in [0.2, 0.25) is 0 Å². The number of fused-ring (bicyclic) bond motifs is 2. The molecule has 4 rings (SSSR count). The van der Waals surface area contributed by atoms with Crippen molar-refractivity contribution in [2.24, 2.45) is 0 Å². The molecule has 1 amide bonds. The number of carbonyl (C=O) groups is 1. The molecule has 0 N–H and O–H groups in total. The number of thiophene rings is 1. The third-order valence-corrected chi connectivity index (χ3v) is 8.27. The van der Waals surface area contributed by atoms with Crippen LogP contribution in [0.5, 0.6) is 0 Å². The SMILES string of the molecule is CCN(CC)CCCCN(Cc1ccc2ccccc2c1)C(=O)c1sc2cccc(Cl)c2c1Cl. The molecule has 0 bridgehead atoms. The fourth-order valence-corrected chi connectivity index (χ4v) is 6.26. The highest BCUT2D eigenvalue weighted by molar-refractivity contribution is 7.21. The van der Waals surface area contributed by atoms with Gasteiger partial charge in [0, 0.05) is 23.2 Å². The fraction of sp³-hybridized carbons (Fsp3) is 0.321. The summed E-state index contributed by atoms with van der Waals surface area (Å²) < 4.78 is 0.938. The maximum absolute atomic E-state index is 13.8. The number of benzene rings is 3. The van der Waals surface area contributed by atoms with Gasteiger partial charge in [0.15, 0.2) is 0 Å². The van der Waals surface area contributed by atoms with Gasteiger partial charge < -0.3 is 9.80 Å². The summed E-state index contributed by atoms with van der Waals surface area (Å²) in [5.41, 5.74) is 1.12. The Balaban J connectivity index is 1.59. The van der Waals surface area contributed by atoms with E-state index in [9.17, 15) is 4.79 Å². The van der Waals surface area contributed by atoms with Gasteiger partial charge in [-0.3, -0.25) is 4.79 Å². The second kappa shape index (κ2) is 11.5. The van der Waals surface area contributed by atoms with Crippen LogP contribution in [0.4, 0.5) is 0 Å². The Kier molecular flexibility index (Phi) is 8.49. The minimum absolute atomic E-state index is 0.0294. The largest absolute Gasteiger partial charge is 0.334 e. The van der Waals surface area contributed by atoms with Gasteiger partial charge in [-0.15, -0.1) is 11.3 Å². The van der Waals surface area contributed by atoms with E-state index in [1.807, 2.05) is 35.2 Å². The number of halogens is 2. The molecule has 1 aromatic heterocycles. The summed E-state index contributed by atoms with van der Waals surface area (Å²) >= 11 is 14.5. The van der Waals surface area contributed by atoms with Crippen LogP contribution in [0.25, 0.3) is 20.9 Å². The Morgan fingerprint density at radius 3 is 2.35 bits per heavy atom. The summed E-state index contributed by atoms with van der Waals surface area (Å²) in [7, 11) is 0. The number of carbonyl (C=O) groups excluding carboxylic acids is 1. The van der Waals surface area contributed by atoms with E-state index >= 15 is 0 Å². The van der Waals surface area contributed by atoms with E-state index in [1.165, 1.54) is 22.1 Å². The zero-order valence-corrected chi connectivity index (χ0v) is 22.0. The minimum atomic E-state index is -0.0294. The lowest BCUT2D eigenvalue weighted by atomic mass is 10.1. The normalized spacial score (nSPS) is 11.6.